The molecule has 4 heteroatoms. The summed E-state index contributed by atoms with van der Waals surface area (Å²) in [6, 6.07) is 4.47. The highest BCUT2D eigenvalue weighted by molar-refractivity contribution is 7.84. The molecule has 1 rings (SSSR count). The third-order valence-corrected chi connectivity index (χ3v) is 3.63. The monoisotopic (exact) mass is 229 g/mol. The van der Waals surface area contributed by atoms with Crippen LogP contribution in [-0.4, -0.2) is 9.96 Å². The molecule has 0 bridgehead atoms. The van der Waals surface area contributed by atoms with E-state index < -0.39 is 10.8 Å². The van der Waals surface area contributed by atoms with Crippen molar-refractivity contribution in [1.29, 1.82) is 0 Å². The van der Waals surface area contributed by atoms with Gasteiger partial charge in [0.05, 0.1) is 0 Å². The lowest BCUT2D eigenvalue weighted by atomic mass is 10.1. The number of hydrogen-bond donors (Lipinski definition) is 1. The first-order valence-corrected chi connectivity index (χ1v) is 6.48. The molecule has 0 amide bonds. The lowest BCUT2D eigenvalue weighted by Gasteiger charge is -2.07. The Balaban J connectivity index is 2.80. The summed E-state index contributed by atoms with van der Waals surface area (Å²) in [5.74, 6) is 0.864. The molecule has 0 aliphatic heterocycles. The van der Waals surface area contributed by atoms with Crippen molar-refractivity contribution in [3.8, 4) is 0 Å². The fourth-order valence-corrected chi connectivity index (χ4v) is 2.63. The molecule has 0 aliphatic rings. The number of rotatable bonds is 5. The van der Waals surface area contributed by atoms with E-state index in [1.807, 2.05) is 6.92 Å². The van der Waals surface area contributed by atoms with Crippen LogP contribution in [0.2, 0.25) is 0 Å². The fraction of sp³-hybridized carbons (Fsp3) is 0.455. The fourth-order valence-electron chi connectivity index (χ4n) is 1.40. The zero-order valence-electron chi connectivity index (χ0n) is 8.83. The predicted octanol–water partition coefficient (Wildman–Crippen LogP) is 1.94. The highest BCUT2D eigenvalue weighted by Gasteiger charge is 2.06. The van der Waals surface area contributed by atoms with Crippen LogP contribution in [0.1, 0.15) is 24.5 Å². The summed E-state index contributed by atoms with van der Waals surface area (Å²) in [5, 5.41) is 0. The molecule has 2 N–H and O–H groups in total. The van der Waals surface area contributed by atoms with Gasteiger partial charge in [-0.15, -0.1) is 0 Å². The standard InChI is InChI=1S/C11H16FNOS/c1-2-5-15(14)8-9-3-4-11(12)6-10(9)7-13/h3-4,6H,2,5,7-8,13H2,1H3. The maximum Gasteiger partial charge on any atom is 0.123 e. The van der Waals surface area contributed by atoms with Gasteiger partial charge >= 0.3 is 0 Å². The minimum atomic E-state index is -0.868. The Bertz CT molecular complexity index is 354. The molecule has 0 aromatic heterocycles. The summed E-state index contributed by atoms with van der Waals surface area (Å²) in [6.45, 7) is 2.28. The zero-order chi connectivity index (χ0) is 11.3. The minimum absolute atomic E-state index is 0.288. The minimum Gasteiger partial charge on any atom is -0.326 e. The van der Waals surface area contributed by atoms with Gasteiger partial charge in [-0.1, -0.05) is 13.0 Å². The van der Waals surface area contributed by atoms with Gasteiger partial charge in [-0.2, -0.15) is 0 Å². The van der Waals surface area contributed by atoms with Crippen molar-refractivity contribution < 1.29 is 8.60 Å². The molecule has 0 fully saturated rings. The smallest absolute Gasteiger partial charge is 0.123 e. The second-order valence-corrected chi connectivity index (χ2v) is 4.98. The molecule has 0 radical (unpaired) electrons. The van der Waals surface area contributed by atoms with E-state index in [1.165, 1.54) is 12.1 Å². The molecule has 2 nitrogen and oxygen atoms in total. The molecule has 15 heavy (non-hydrogen) atoms. The molecule has 1 unspecified atom stereocenters. The quantitative estimate of drug-likeness (QED) is 0.838. The van der Waals surface area contributed by atoms with E-state index in [1.54, 1.807) is 6.07 Å². The van der Waals surface area contributed by atoms with Crippen LogP contribution in [0.5, 0.6) is 0 Å². The Labute approximate surface area is 92.1 Å². The summed E-state index contributed by atoms with van der Waals surface area (Å²) in [7, 11) is -0.868. The Morgan fingerprint density at radius 2 is 2.13 bits per heavy atom. The van der Waals surface area contributed by atoms with Crippen LogP contribution in [-0.2, 0) is 23.1 Å². The second kappa shape index (κ2) is 5.98. The average molecular weight is 229 g/mol. The molecule has 0 saturated heterocycles. The Morgan fingerprint density at radius 3 is 2.73 bits per heavy atom. The molecule has 0 aliphatic carbocycles. The summed E-state index contributed by atoms with van der Waals surface area (Å²) >= 11 is 0. The normalized spacial score (nSPS) is 12.7. The van der Waals surface area contributed by atoms with Crippen LogP contribution < -0.4 is 5.73 Å². The van der Waals surface area contributed by atoms with Crippen LogP contribution in [0.25, 0.3) is 0 Å². The zero-order valence-corrected chi connectivity index (χ0v) is 9.65. The summed E-state index contributed by atoms with van der Waals surface area (Å²) < 4.78 is 24.4. The van der Waals surface area contributed by atoms with E-state index in [0.717, 1.165) is 17.5 Å². The van der Waals surface area contributed by atoms with E-state index in [-0.39, 0.29) is 12.4 Å². The van der Waals surface area contributed by atoms with Gasteiger partial charge in [0.15, 0.2) is 0 Å². The number of halogens is 1. The maximum atomic E-state index is 12.9. The predicted molar refractivity (Wildman–Crippen MR) is 61.3 cm³/mol. The van der Waals surface area contributed by atoms with Gasteiger partial charge in [-0.05, 0) is 29.7 Å². The van der Waals surface area contributed by atoms with Crippen molar-refractivity contribution >= 4 is 10.8 Å². The number of benzene rings is 1. The average Bonchev–Trinajstić information content (AvgIpc) is 2.21. The molecular weight excluding hydrogens is 213 g/mol. The first kappa shape index (κ1) is 12.3. The Morgan fingerprint density at radius 1 is 1.40 bits per heavy atom. The van der Waals surface area contributed by atoms with Gasteiger partial charge in [0.2, 0.25) is 0 Å². The highest BCUT2D eigenvalue weighted by atomic mass is 32.2. The Kier molecular flexibility index (Phi) is 4.91. The largest absolute Gasteiger partial charge is 0.326 e. The van der Waals surface area contributed by atoms with Gasteiger partial charge < -0.3 is 5.73 Å². The summed E-state index contributed by atoms with van der Waals surface area (Å²) in [6.07, 6.45) is 0.895. The van der Waals surface area contributed by atoms with E-state index >= 15 is 0 Å². The van der Waals surface area contributed by atoms with Crippen LogP contribution >= 0.6 is 0 Å². The van der Waals surface area contributed by atoms with E-state index in [4.69, 9.17) is 5.73 Å². The molecular formula is C11H16FNOS. The van der Waals surface area contributed by atoms with E-state index in [0.29, 0.717) is 11.5 Å². The van der Waals surface area contributed by atoms with Gasteiger partial charge in [-0.3, -0.25) is 4.21 Å². The van der Waals surface area contributed by atoms with Gasteiger partial charge in [0.25, 0.3) is 0 Å². The Hall–Kier alpha value is -0.740. The van der Waals surface area contributed by atoms with Crippen molar-refractivity contribution in [2.75, 3.05) is 5.75 Å². The number of nitrogens with two attached hydrogens (primary N) is 1. The van der Waals surface area contributed by atoms with Crippen LogP contribution in [0.3, 0.4) is 0 Å². The van der Waals surface area contributed by atoms with Crippen LogP contribution in [0.4, 0.5) is 4.39 Å². The lowest BCUT2D eigenvalue weighted by Crippen LogP contribution is -2.06. The molecule has 1 atom stereocenters. The summed E-state index contributed by atoms with van der Waals surface area (Å²) in [5.41, 5.74) is 7.15. The van der Waals surface area contributed by atoms with Crippen molar-refractivity contribution in [3.05, 3.63) is 35.1 Å². The van der Waals surface area contributed by atoms with Crippen molar-refractivity contribution in [2.24, 2.45) is 5.73 Å². The molecule has 0 spiro atoms. The highest BCUT2D eigenvalue weighted by Crippen LogP contribution is 2.13. The SMILES string of the molecule is CCCS(=O)Cc1ccc(F)cc1CN. The molecule has 0 saturated carbocycles. The van der Waals surface area contributed by atoms with E-state index in [2.05, 4.69) is 0 Å². The number of hydrogen-bond acceptors (Lipinski definition) is 2. The van der Waals surface area contributed by atoms with E-state index in [9.17, 15) is 8.60 Å². The van der Waals surface area contributed by atoms with Crippen LogP contribution in [0, 0.1) is 5.82 Å². The van der Waals surface area contributed by atoms with Gasteiger partial charge in [-0.25, -0.2) is 4.39 Å². The molecule has 84 valence electrons. The third kappa shape index (κ3) is 3.72. The molecule has 0 heterocycles. The topological polar surface area (TPSA) is 43.1 Å². The van der Waals surface area contributed by atoms with Crippen molar-refractivity contribution in [1.82, 2.24) is 0 Å². The maximum absolute atomic E-state index is 12.9. The van der Waals surface area contributed by atoms with Gasteiger partial charge in [0, 0.05) is 28.9 Å². The first-order valence-electron chi connectivity index (χ1n) is 4.99. The molecule has 1 aromatic carbocycles. The summed E-state index contributed by atoms with van der Waals surface area (Å²) in [4.78, 5) is 0. The lowest BCUT2D eigenvalue weighted by molar-refractivity contribution is 0.624. The molecule has 1 aromatic rings. The van der Waals surface area contributed by atoms with Crippen molar-refractivity contribution in [3.63, 3.8) is 0 Å². The van der Waals surface area contributed by atoms with Crippen molar-refractivity contribution in [2.45, 2.75) is 25.6 Å². The van der Waals surface area contributed by atoms with Crippen LogP contribution in [0.15, 0.2) is 18.2 Å². The first-order chi connectivity index (χ1) is 7.17. The van der Waals surface area contributed by atoms with Gasteiger partial charge in [0.1, 0.15) is 5.82 Å². The second-order valence-electron chi connectivity index (χ2n) is 3.41. The third-order valence-electron chi connectivity index (χ3n) is 2.14.